The predicted octanol–water partition coefficient (Wildman–Crippen LogP) is 2.74. The van der Waals surface area contributed by atoms with E-state index >= 15 is 0 Å². The molecule has 0 fully saturated rings. The van der Waals surface area contributed by atoms with Gasteiger partial charge in [-0.15, -0.1) is 0 Å². The molecule has 20 heavy (non-hydrogen) atoms. The maximum atomic E-state index is 10.9. The Morgan fingerprint density at radius 2 is 1.95 bits per heavy atom. The van der Waals surface area contributed by atoms with Crippen LogP contribution in [0.5, 0.6) is 0 Å². The molecule has 0 atom stereocenters. The Morgan fingerprint density at radius 3 is 2.65 bits per heavy atom. The van der Waals surface area contributed by atoms with Gasteiger partial charge in [-0.3, -0.25) is 0 Å². The summed E-state index contributed by atoms with van der Waals surface area (Å²) in [5, 5.41) is 15.2. The standard InChI is InChI=1S/C14H16N4O2/c1-9(2)17-12-7-13(16-8-15-12)18-11-5-3-4-10(6-11)14(19)20/h3-9H,1-2H3,(H,19,20)(H2,15,16,17,18). The summed E-state index contributed by atoms with van der Waals surface area (Å²) in [5.41, 5.74) is 0.892. The van der Waals surface area contributed by atoms with Crippen molar-refractivity contribution in [3.63, 3.8) is 0 Å². The molecule has 0 aliphatic rings. The van der Waals surface area contributed by atoms with E-state index in [1.54, 1.807) is 30.3 Å². The van der Waals surface area contributed by atoms with Crippen LogP contribution in [0.15, 0.2) is 36.7 Å². The van der Waals surface area contributed by atoms with Crippen molar-refractivity contribution >= 4 is 23.3 Å². The van der Waals surface area contributed by atoms with Crippen molar-refractivity contribution in [2.24, 2.45) is 0 Å². The van der Waals surface area contributed by atoms with Crippen LogP contribution in [0.3, 0.4) is 0 Å². The normalized spacial score (nSPS) is 10.3. The minimum Gasteiger partial charge on any atom is -0.478 e. The second-order valence-corrected chi connectivity index (χ2v) is 4.60. The molecule has 6 heteroatoms. The van der Waals surface area contributed by atoms with E-state index in [9.17, 15) is 4.79 Å². The Hall–Kier alpha value is -2.63. The third-order valence-corrected chi connectivity index (χ3v) is 2.49. The summed E-state index contributed by atoms with van der Waals surface area (Å²) >= 11 is 0. The Labute approximate surface area is 116 Å². The SMILES string of the molecule is CC(C)Nc1cc(Nc2cccc(C(=O)O)c2)ncn1. The van der Waals surface area contributed by atoms with E-state index in [0.29, 0.717) is 17.3 Å². The third kappa shape index (κ3) is 3.68. The van der Waals surface area contributed by atoms with E-state index in [1.807, 2.05) is 13.8 Å². The molecule has 0 amide bonds. The number of anilines is 3. The molecular weight excluding hydrogens is 256 g/mol. The lowest BCUT2D eigenvalue weighted by Crippen LogP contribution is -2.11. The first-order valence-corrected chi connectivity index (χ1v) is 6.23. The number of carboxylic acids is 1. The van der Waals surface area contributed by atoms with Gasteiger partial charge in [0.2, 0.25) is 0 Å². The van der Waals surface area contributed by atoms with Crippen molar-refractivity contribution in [3.8, 4) is 0 Å². The summed E-state index contributed by atoms with van der Waals surface area (Å²) in [6.45, 7) is 4.04. The Morgan fingerprint density at radius 1 is 1.20 bits per heavy atom. The van der Waals surface area contributed by atoms with Crippen LogP contribution in [0.4, 0.5) is 17.3 Å². The summed E-state index contributed by atoms with van der Waals surface area (Å²) in [4.78, 5) is 19.1. The van der Waals surface area contributed by atoms with Crippen molar-refractivity contribution in [1.82, 2.24) is 9.97 Å². The minimum atomic E-state index is -0.960. The first-order valence-electron chi connectivity index (χ1n) is 6.23. The van der Waals surface area contributed by atoms with Crippen LogP contribution < -0.4 is 10.6 Å². The molecule has 0 saturated carbocycles. The number of hydrogen-bond acceptors (Lipinski definition) is 5. The fourth-order valence-electron chi connectivity index (χ4n) is 1.68. The quantitative estimate of drug-likeness (QED) is 0.775. The number of nitrogens with one attached hydrogen (secondary N) is 2. The van der Waals surface area contributed by atoms with Gasteiger partial charge in [-0.2, -0.15) is 0 Å². The van der Waals surface area contributed by atoms with Gasteiger partial charge >= 0.3 is 5.97 Å². The fourth-order valence-corrected chi connectivity index (χ4v) is 1.68. The summed E-state index contributed by atoms with van der Waals surface area (Å²) in [6.07, 6.45) is 1.45. The van der Waals surface area contributed by atoms with Crippen LogP contribution in [-0.2, 0) is 0 Å². The van der Waals surface area contributed by atoms with Crippen molar-refractivity contribution in [3.05, 3.63) is 42.2 Å². The summed E-state index contributed by atoms with van der Waals surface area (Å²) in [7, 11) is 0. The number of rotatable bonds is 5. The van der Waals surface area contributed by atoms with Gasteiger partial charge in [0.05, 0.1) is 5.56 Å². The predicted molar refractivity (Wildman–Crippen MR) is 77.5 cm³/mol. The summed E-state index contributed by atoms with van der Waals surface area (Å²) in [5.74, 6) is 0.357. The molecule has 2 aromatic rings. The first kappa shape index (κ1) is 13.8. The second-order valence-electron chi connectivity index (χ2n) is 4.60. The highest BCUT2D eigenvalue weighted by Crippen LogP contribution is 2.17. The first-order chi connectivity index (χ1) is 9.54. The molecule has 0 radical (unpaired) electrons. The third-order valence-electron chi connectivity index (χ3n) is 2.49. The van der Waals surface area contributed by atoms with Crippen LogP contribution in [0.1, 0.15) is 24.2 Å². The maximum absolute atomic E-state index is 10.9. The topological polar surface area (TPSA) is 87.1 Å². The Kier molecular flexibility index (Phi) is 4.14. The molecule has 1 heterocycles. The molecule has 104 valence electrons. The van der Waals surface area contributed by atoms with Gasteiger partial charge in [0.25, 0.3) is 0 Å². The highest BCUT2D eigenvalue weighted by molar-refractivity contribution is 5.89. The van der Waals surface area contributed by atoms with E-state index < -0.39 is 5.97 Å². The largest absolute Gasteiger partial charge is 0.478 e. The number of carbonyl (C=O) groups is 1. The molecule has 1 aromatic carbocycles. The van der Waals surface area contributed by atoms with E-state index in [4.69, 9.17) is 5.11 Å². The molecule has 1 aromatic heterocycles. The molecule has 6 nitrogen and oxygen atoms in total. The smallest absolute Gasteiger partial charge is 0.335 e. The highest BCUT2D eigenvalue weighted by Gasteiger charge is 2.05. The van der Waals surface area contributed by atoms with Crippen LogP contribution in [0, 0.1) is 0 Å². The number of nitrogens with zero attached hydrogens (tertiary/aromatic N) is 2. The van der Waals surface area contributed by atoms with Gasteiger partial charge in [-0.1, -0.05) is 6.07 Å². The van der Waals surface area contributed by atoms with E-state index in [0.717, 1.165) is 0 Å². The highest BCUT2D eigenvalue weighted by atomic mass is 16.4. The Bertz CT molecular complexity index is 614. The monoisotopic (exact) mass is 272 g/mol. The zero-order valence-corrected chi connectivity index (χ0v) is 11.3. The Balaban J connectivity index is 2.17. The molecule has 3 N–H and O–H groups in total. The van der Waals surface area contributed by atoms with Crippen LogP contribution >= 0.6 is 0 Å². The lowest BCUT2D eigenvalue weighted by molar-refractivity contribution is 0.0697. The van der Waals surface area contributed by atoms with E-state index in [1.165, 1.54) is 6.33 Å². The van der Waals surface area contributed by atoms with E-state index in [-0.39, 0.29) is 11.6 Å². The van der Waals surface area contributed by atoms with Gasteiger partial charge in [-0.05, 0) is 32.0 Å². The fraction of sp³-hybridized carbons (Fsp3) is 0.214. The summed E-state index contributed by atoms with van der Waals surface area (Å²) in [6, 6.07) is 8.60. The second kappa shape index (κ2) is 6.01. The molecule has 0 saturated heterocycles. The van der Waals surface area contributed by atoms with Crippen molar-refractivity contribution < 1.29 is 9.90 Å². The molecule has 0 unspecified atom stereocenters. The van der Waals surface area contributed by atoms with Crippen LogP contribution in [0.2, 0.25) is 0 Å². The maximum Gasteiger partial charge on any atom is 0.335 e. The zero-order chi connectivity index (χ0) is 14.5. The van der Waals surface area contributed by atoms with Gasteiger partial charge in [-0.25, -0.2) is 14.8 Å². The average molecular weight is 272 g/mol. The molecule has 0 aliphatic heterocycles. The van der Waals surface area contributed by atoms with E-state index in [2.05, 4.69) is 20.6 Å². The number of aromatic nitrogens is 2. The number of hydrogen-bond donors (Lipinski definition) is 3. The number of carboxylic acid groups (broad SMARTS) is 1. The molecular formula is C14H16N4O2. The van der Waals surface area contributed by atoms with Crippen molar-refractivity contribution in [2.75, 3.05) is 10.6 Å². The van der Waals surface area contributed by atoms with Crippen molar-refractivity contribution in [1.29, 1.82) is 0 Å². The van der Waals surface area contributed by atoms with Gasteiger partial charge < -0.3 is 15.7 Å². The van der Waals surface area contributed by atoms with Gasteiger partial charge in [0.15, 0.2) is 0 Å². The van der Waals surface area contributed by atoms with Gasteiger partial charge in [0, 0.05) is 17.8 Å². The molecule has 0 bridgehead atoms. The van der Waals surface area contributed by atoms with Gasteiger partial charge in [0.1, 0.15) is 18.0 Å². The van der Waals surface area contributed by atoms with Crippen molar-refractivity contribution in [2.45, 2.75) is 19.9 Å². The van der Waals surface area contributed by atoms with Crippen LogP contribution in [0.25, 0.3) is 0 Å². The van der Waals surface area contributed by atoms with Crippen LogP contribution in [-0.4, -0.2) is 27.1 Å². The lowest BCUT2D eigenvalue weighted by Gasteiger charge is -2.11. The average Bonchev–Trinajstić information content (AvgIpc) is 2.38. The summed E-state index contributed by atoms with van der Waals surface area (Å²) < 4.78 is 0. The number of benzene rings is 1. The zero-order valence-electron chi connectivity index (χ0n) is 11.3. The minimum absolute atomic E-state index is 0.226. The lowest BCUT2D eigenvalue weighted by atomic mass is 10.2. The number of aromatic carboxylic acids is 1. The molecule has 2 rings (SSSR count). The molecule has 0 aliphatic carbocycles. The molecule has 0 spiro atoms.